The van der Waals surface area contributed by atoms with E-state index in [1.807, 2.05) is 20.8 Å². The minimum atomic E-state index is -5.08. The first-order valence-electron chi connectivity index (χ1n) is 6.98. The van der Waals surface area contributed by atoms with Crippen molar-refractivity contribution in [1.29, 1.82) is 0 Å². The molecule has 0 aliphatic rings. The molecule has 1 aromatic rings. The Morgan fingerprint density at radius 1 is 1.20 bits per heavy atom. The molecule has 0 unspecified atom stereocenters. The number of carbonyl (C=O) groups excluding carboxylic acids is 1. The van der Waals surface area contributed by atoms with Gasteiger partial charge in [-0.2, -0.15) is 13.2 Å². The van der Waals surface area contributed by atoms with E-state index in [1.54, 1.807) is 6.07 Å². The maximum atomic E-state index is 11.7. The van der Waals surface area contributed by atoms with Crippen LogP contribution < -0.4 is 15.4 Å². The summed E-state index contributed by atoms with van der Waals surface area (Å²) in [5.41, 5.74) is 0.332. The van der Waals surface area contributed by atoms with Crippen molar-refractivity contribution in [3.05, 3.63) is 18.2 Å². The van der Waals surface area contributed by atoms with Crippen molar-refractivity contribution in [1.82, 2.24) is 5.32 Å². The second-order valence-corrected chi connectivity index (χ2v) is 5.84. The molecule has 0 saturated carbocycles. The van der Waals surface area contributed by atoms with E-state index in [4.69, 9.17) is 14.6 Å². The largest absolute Gasteiger partial charge is 0.508 e. The molecule has 0 heterocycles. The number of methoxy groups -OCH3 is 1. The van der Waals surface area contributed by atoms with Gasteiger partial charge in [-0.25, -0.2) is 4.79 Å². The molecule has 1 rings (SSSR count). The fraction of sp³-hybridized carbons (Fsp3) is 0.467. The lowest BCUT2D eigenvalue weighted by molar-refractivity contribution is -0.192. The highest BCUT2D eigenvalue weighted by atomic mass is 19.4. The summed E-state index contributed by atoms with van der Waals surface area (Å²) >= 11 is 0. The van der Waals surface area contributed by atoms with Crippen LogP contribution in [0.5, 0.6) is 11.5 Å². The summed E-state index contributed by atoms with van der Waals surface area (Å²) in [4.78, 5) is 20.6. The van der Waals surface area contributed by atoms with E-state index in [0.29, 0.717) is 11.4 Å². The Morgan fingerprint density at radius 2 is 1.72 bits per heavy atom. The van der Waals surface area contributed by atoms with Crippen LogP contribution in [0.2, 0.25) is 0 Å². The second-order valence-electron chi connectivity index (χ2n) is 5.84. The van der Waals surface area contributed by atoms with Gasteiger partial charge in [0.25, 0.3) is 0 Å². The third-order valence-corrected chi connectivity index (χ3v) is 2.48. The number of aliphatic carboxylic acids is 1. The Bertz CT molecular complexity index is 598. The average molecular weight is 366 g/mol. The molecule has 0 aliphatic heterocycles. The molecule has 0 aliphatic carbocycles. The maximum absolute atomic E-state index is 11.7. The lowest BCUT2D eigenvalue weighted by atomic mass is 10.1. The van der Waals surface area contributed by atoms with E-state index in [9.17, 15) is 23.1 Å². The van der Waals surface area contributed by atoms with Crippen LogP contribution >= 0.6 is 0 Å². The fourth-order valence-corrected chi connectivity index (χ4v) is 1.33. The first kappa shape index (κ1) is 22.5. The van der Waals surface area contributed by atoms with Crippen molar-refractivity contribution in [2.75, 3.05) is 19.0 Å². The Kier molecular flexibility index (Phi) is 8.21. The summed E-state index contributed by atoms with van der Waals surface area (Å²) in [6.07, 6.45) is -5.08. The van der Waals surface area contributed by atoms with Gasteiger partial charge in [0, 0.05) is 11.6 Å². The molecule has 1 aromatic carbocycles. The average Bonchev–Trinajstić information content (AvgIpc) is 2.44. The van der Waals surface area contributed by atoms with E-state index in [0.717, 1.165) is 0 Å². The van der Waals surface area contributed by atoms with Crippen molar-refractivity contribution >= 4 is 17.6 Å². The van der Waals surface area contributed by atoms with Gasteiger partial charge in [0.05, 0.1) is 19.3 Å². The van der Waals surface area contributed by atoms with E-state index < -0.39 is 12.1 Å². The number of hydrogen-bond acceptors (Lipinski definition) is 5. The van der Waals surface area contributed by atoms with E-state index in [-0.39, 0.29) is 23.7 Å². The first-order chi connectivity index (χ1) is 11.3. The third kappa shape index (κ3) is 10.1. The second kappa shape index (κ2) is 9.11. The number of nitrogens with one attached hydrogen (secondary N) is 2. The summed E-state index contributed by atoms with van der Waals surface area (Å²) in [5, 5.41) is 22.3. The number of alkyl halides is 3. The van der Waals surface area contributed by atoms with Gasteiger partial charge in [-0.1, -0.05) is 0 Å². The Hall–Kier alpha value is -2.49. The lowest BCUT2D eigenvalue weighted by Gasteiger charge is -2.20. The number of anilines is 1. The zero-order valence-electron chi connectivity index (χ0n) is 14.2. The number of carboxylic acids is 1. The summed E-state index contributed by atoms with van der Waals surface area (Å²) in [5.74, 6) is -2.35. The highest BCUT2D eigenvalue weighted by Gasteiger charge is 2.38. The molecule has 142 valence electrons. The number of carboxylic acid groups (broad SMARTS) is 1. The number of carbonyl (C=O) groups is 2. The van der Waals surface area contributed by atoms with E-state index >= 15 is 0 Å². The zero-order chi connectivity index (χ0) is 19.8. The van der Waals surface area contributed by atoms with Gasteiger partial charge in [0.1, 0.15) is 11.5 Å². The molecule has 0 saturated heterocycles. The Morgan fingerprint density at radius 3 is 2.12 bits per heavy atom. The molecule has 0 spiro atoms. The zero-order valence-corrected chi connectivity index (χ0v) is 14.2. The van der Waals surface area contributed by atoms with Gasteiger partial charge < -0.3 is 25.6 Å². The Labute approximate surface area is 142 Å². The highest BCUT2D eigenvalue weighted by Crippen LogP contribution is 2.28. The molecule has 1 amide bonds. The standard InChI is InChI=1S/C13H20N2O3.C2HF3O2/c1-13(2,3)14-8-12(17)15-10-7-9(16)5-6-11(10)18-4;3-2(4,5)1(6)7/h5-7,14,16H,8H2,1-4H3,(H,15,17);(H,6,7). The van der Waals surface area contributed by atoms with Gasteiger partial charge in [-0.3, -0.25) is 4.79 Å². The molecule has 0 radical (unpaired) electrons. The van der Waals surface area contributed by atoms with Crippen LogP contribution in [0, 0.1) is 0 Å². The SMILES string of the molecule is COc1ccc(O)cc1NC(=O)CNC(C)(C)C.O=C(O)C(F)(F)F. The molecule has 0 bridgehead atoms. The number of ether oxygens (including phenoxy) is 1. The molecule has 7 nitrogen and oxygen atoms in total. The van der Waals surface area contributed by atoms with Gasteiger partial charge in [0.2, 0.25) is 5.91 Å². The number of phenolic OH excluding ortho intramolecular Hbond substituents is 1. The van der Waals surface area contributed by atoms with Gasteiger partial charge >= 0.3 is 12.1 Å². The predicted molar refractivity (Wildman–Crippen MR) is 84.7 cm³/mol. The van der Waals surface area contributed by atoms with Crippen LogP contribution in [0.4, 0.5) is 18.9 Å². The van der Waals surface area contributed by atoms with Crippen LogP contribution in [0.1, 0.15) is 20.8 Å². The smallest absolute Gasteiger partial charge is 0.490 e. The van der Waals surface area contributed by atoms with Gasteiger partial charge in [-0.15, -0.1) is 0 Å². The van der Waals surface area contributed by atoms with Crippen molar-refractivity contribution in [3.63, 3.8) is 0 Å². The number of aromatic hydroxyl groups is 1. The van der Waals surface area contributed by atoms with Crippen LogP contribution in [0.25, 0.3) is 0 Å². The predicted octanol–water partition coefficient (Wildman–Crippen LogP) is 2.36. The van der Waals surface area contributed by atoms with Crippen LogP contribution in [-0.4, -0.2) is 47.5 Å². The molecule has 4 N–H and O–H groups in total. The van der Waals surface area contributed by atoms with Gasteiger partial charge in [-0.05, 0) is 32.9 Å². The molecule has 0 aromatic heterocycles. The van der Waals surface area contributed by atoms with E-state index in [2.05, 4.69) is 10.6 Å². The normalized spacial score (nSPS) is 11.2. The third-order valence-electron chi connectivity index (χ3n) is 2.48. The fourth-order valence-electron chi connectivity index (χ4n) is 1.33. The number of halogens is 3. The lowest BCUT2D eigenvalue weighted by Crippen LogP contribution is -2.41. The number of hydrogen-bond donors (Lipinski definition) is 4. The molecule has 0 fully saturated rings. The number of benzene rings is 1. The number of phenols is 1. The monoisotopic (exact) mass is 366 g/mol. The van der Waals surface area contributed by atoms with Crippen molar-refractivity contribution < 1.29 is 37.7 Å². The van der Waals surface area contributed by atoms with Crippen molar-refractivity contribution in [2.24, 2.45) is 0 Å². The minimum Gasteiger partial charge on any atom is -0.508 e. The molecular formula is C15H21F3N2O5. The van der Waals surface area contributed by atoms with Crippen molar-refractivity contribution in [3.8, 4) is 11.5 Å². The number of rotatable bonds is 4. The van der Waals surface area contributed by atoms with Crippen LogP contribution in [-0.2, 0) is 9.59 Å². The summed E-state index contributed by atoms with van der Waals surface area (Å²) in [6.45, 7) is 6.14. The molecule has 10 heteroatoms. The quantitative estimate of drug-likeness (QED) is 0.652. The first-order valence-corrected chi connectivity index (χ1v) is 6.98. The maximum Gasteiger partial charge on any atom is 0.490 e. The summed E-state index contributed by atoms with van der Waals surface area (Å²) < 4.78 is 36.8. The minimum absolute atomic E-state index is 0.0786. The number of amides is 1. The Balaban J connectivity index is 0.000000697. The molecule has 0 atom stereocenters. The molecule has 25 heavy (non-hydrogen) atoms. The van der Waals surface area contributed by atoms with Gasteiger partial charge in [0.15, 0.2) is 0 Å². The highest BCUT2D eigenvalue weighted by molar-refractivity contribution is 5.94. The molecular weight excluding hydrogens is 345 g/mol. The summed E-state index contributed by atoms with van der Waals surface area (Å²) in [6, 6.07) is 4.55. The van der Waals surface area contributed by atoms with Crippen molar-refractivity contribution in [2.45, 2.75) is 32.5 Å². The topological polar surface area (TPSA) is 108 Å². The van der Waals surface area contributed by atoms with Crippen LogP contribution in [0.3, 0.4) is 0 Å². The summed E-state index contributed by atoms with van der Waals surface area (Å²) in [7, 11) is 1.51. The van der Waals surface area contributed by atoms with E-state index in [1.165, 1.54) is 19.2 Å². The van der Waals surface area contributed by atoms with Crippen LogP contribution in [0.15, 0.2) is 18.2 Å².